The van der Waals surface area contributed by atoms with Crippen LogP contribution < -0.4 is 0 Å². The second-order valence-corrected chi connectivity index (χ2v) is 9.95. The Bertz CT molecular complexity index is 1440. The number of aryl methyl sites for hydroxylation is 1. The van der Waals surface area contributed by atoms with Crippen LogP contribution in [0.25, 0.3) is 33.3 Å². The maximum atomic E-state index is 13.6. The SMILES string of the molecule is CCCc1cc2cccc(C(F)(F)F)c2nc1-c1cccc(-c2ccccc2S(C)(=O)=O)c1. The highest BCUT2D eigenvalue weighted by Crippen LogP contribution is 2.37. The molecule has 0 N–H and O–H groups in total. The largest absolute Gasteiger partial charge is 0.418 e. The van der Waals surface area contributed by atoms with Gasteiger partial charge in [-0.3, -0.25) is 0 Å². The van der Waals surface area contributed by atoms with Crippen LogP contribution in [0.15, 0.2) is 77.7 Å². The van der Waals surface area contributed by atoms with E-state index in [9.17, 15) is 21.6 Å². The molecule has 1 aromatic heterocycles. The summed E-state index contributed by atoms with van der Waals surface area (Å²) in [5.74, 6) is 0. The first-order valence-electron chi connectivity index (χ1n) is 10.5. The van der Waals surface area contributed by atoms with Crippen LogP contribution in [0.4, 0.5) is 13.2 Å². The molecule has 33 heavy (non-hydrogen) atoms. The van der Waals surface area contributed by atoms with Crippen molar-refractivity contribution in [1.82, 2.24) is 4.98 Å². The van der Waals surface area contributed by atoms with Gasteiger partial charge in [-0.05, 0) is 41.8 Å². The Kier molecular flexibility index (Phi) is 6.01. The van der Waals surface area contributed by atoms with Gasteiger partial charge in [0.05, 0.1) is 21.7 Å². The lowest BCUT2D eigenvalue weighted by Crippen LogP contribution is -2.07. The zero-order valence-corrected chi connectivity index (χ0v) is 19.0. The van der Waals surface area contributed by atoms with Crippen LogP contribution in [0.2, 0.25) is 0 Å². The smallest absolute Gasteiger partial charge is 0.247 e. The molecule has 7 heteroatoms. The summed E-state index contributed by atoms with van der Waals surface area (Å²) < 4.78 is 65.5. The Morgan fingerprint density at radius 1 is 0.879 bits per heavy atom. The van der Waals surface area contributed by atoms with Gasteiger partial charge in [-0.15, -0.1) is 0 Å². The number of benzene rings is 3. The van der Waals surface area contributed by atoms with Crippen LogP contribution in [0, 0.1) is 0 Å². The molecule has 0 amide bonds. The molecule has 0 aliphatic heterocycles. The van der Waals surface area contributed by atoms with Crippen LogP contribution in [-0.2, 0) is 22.4 Å². The molecule has 0 bridgehead atoms. The third kappa shape index (κ3) is 4.64. The Hall–Kier alpha value is -3.19. The minimum absolute atomic E-state index is 0.0956. The van der Waals surface area contributed by atoms with E-state index in [0.717, 1.165) is 24.3 Å². The topological polar surface area (TPSA) is 47.0 Å². The van der Waals surface area contributed by atoms with E-state index in [1.165, 1.54) is 6.07 Å². The van der Waals surface area contributed by atoms with Gasteiger partial charge >= 0.3 is 6.18 Å². The summed E-state index contributed by atoms with van der Waals surface area (Å²) >= 11 is 0. The van der Waals surface area contributed by atoms with Gasteiger partial charge in [0.2, 0.25) is 0 Å². The van der Waals surface area contributed by atoms with Crippen LogP contribution >= 0.6 is 0 Å². The number of pyridine rings is 1. The number of hydrogen-bond acceptors (Lipinski definition) is 3. The minimum atomic E-state index is -4.52. The van der Waals surface area contributed by atoms with Crippen LogP contribution in [0.3, 0.4) is 0 Å². The minimum Gasteiger partial charge on any atom is -0.247 e. The molecule has 3 aromatic carbocycles. The molecule has 170 valence electrons. The molecule has 0 aliphatic rings. The van der Waals surface area contributed by atoms with E-state index in [2.05, 4.69) is 4.98 Å². The predicted molar refractivity (Wildman–Crippen MR) is 125 cm³/mol. The van der Waals surface area contributed by atoms with E-state index in [0.29, 0.717) is 34.2 Å². The normalized spacial score (nSPS) is 12.3. The zero-order valence-electron chi connectivity index (χ0n) is 18.1. The van der Waals surface area contributed by atoms with E-state index in [4.69, 9.17) is 0 Å². The van der Waals surface area contributed by atoms with Crippen molar-refractivity contribution < 1.29 is 21.6 Å². The lowest BCUT2D eigenvalue weighted by molar-refractivity contribution is -0.136. The first-order valence-corrected chi connectivity index (χ1v) is 12.4. The Morgan fingerprint density at radius 2 is 1.58 bits per heavy atom. The lowest BCUT2D eigenvalue weighted by Gasteiger charge is -2.15. The standard InChI is InChI=1S/C26H22F3NO2S/c1-3-8-18-16-20-11-7-13-22(26(27,28)29)25(20)30-24(18)19-10-6-9-17(15-19)21-12-4-5-14-23(21)33(2,31)32/h4-7,9-16H,3,8H2,1-2H3. The molecule has 4 rings (SSSR count). The maximum Gasteiger partial charge on any atom is 0.418 e. The predicted octanol–water partition coefficient (Wildman–Crippen LogP) is 6.94. The van der Waals surface area contributed by atoms with Crippen molar-refractivity contribution >= 4 is 20.7 Å². The van der Waals surface area contributed by atoms with Gasteiger partial charge in [0.25, 0.3) is 0 Å². The number of fused-ring (bicyclic) bond motifs is 1. The van der Waals surface area contributed by atoms with E-state index < -0.39 is 21.6 Å². The monoisotopic (exact) mass is 469 g/mol. The summed E-state index contributed by atoms with van der Waals surface area (Å²) in [4.78, 5) is 4.69. The molecular formula is C26H22F3NO2S. The highest BCUT2D eigenvalue weighted by atomic mass is 32.2. The number of halogens is 3. The van der Waals surface area contributed by atoms with E-state index in [1.54, 1.807) is 60.7 Å². The van der Waals surface area contributed by atoms with Crippen molar-refractivity contribution in [3.8, 4) is 22.4 Å². The molecule has 0 spiro atoms. The molecule has 0 radical (unpaired) electrons. The molecule has 0 atom stereocenters. The van der Waals surface area contributed by atoms with Crippen LogP contribution in [0.5, 0.6) is 0 Å². The summed E-state index contributed by atoms with van der Waals surface area (Å²) in [6, 6.07) is 19.6. The summed E-state index contributed by atoms with van der Waals surface area (Å²) in [7, 11) is -3.47. The van der Waals surface area contributed by atoms with Crippen molar-refractivity contribution in [2.45, 2.75) is 30.8 Å². The van der Waals surface area contributed by atoms with Gasteiger partial charge in [-0.2, -0.15) is 13.2 Å². The van der Waals surface area contributed by atoms with Gasteiger partial charge < -0.3 is 0 Å². The molecule has 0 fully saturated rings. The number of alkyl halides is 3. The molecule has 3 nitrogen and oxygen atoms in total. The molecule has 4 aromatic rings. The number of rotatable bonds is 5. The molecule has 0 saturated carbocycles. The quantitative estimate of drug-likeness (QED) is 0.318. The van der Waals surface area contributed by atoms with Crippen molar-refractivity contribution in [3.05, 3.63) is 83.9 Å². The third-order valence-corrected chi connectivity index (χ3v) is 6.64. The summed E-state index contributed by atoms with van der Waals surface area (Å²) in [6.45, 7) is 2.00. The summed E-state index contributed by atoms with van der Waals surface area (Å²) in [5, 5.41) is 0.440. The molecule has 0 unspecified atom stereocenters. The first-order chi connectivity index (χ1) is 15.6. The molecule has 1 heterocycles. The van der Waals surface area contributed by atoms with Crippen molar-refractivity contribution in [3.63, 3.8) is 0 Å². The fourth-order valence-electron chi connectivity index (χ4n) is 4.04. The number of aromatic nitrogens is 1. The highest BCUT2D eigenvalue weighted by Gasteiger charge is 2.33. The number of para-hydroxylation sites is 1. The lowest BCUT2D eigenvalue weighted by atomic mass is 9.96. The Balaban J connectivity index is 1.96. The van der Waals surface area contributed by atoms with Crippen LogP contribution in [-0.4, -0.2) is 19.7 Å². The Labute approximate surface area is 190 Å². The van der Waals surface area contributed by atoms with Gasteiger partial charge in [-0.1, -0.05) is 61.9 Å². The van der Waals surface area contributed by atoms with Gasteiger partial charge in [0.15, 0.2) is 9.84 Å². The second-order valence-electron chi connectivity index (χ2n) is 7.97. The van der Waals surface area contributed by atoms with Gasteiger partial charge in [0, 0.05) is 22.8 Å². The fourth-order valence-corrected chi connectivity index (χ4v) is 4.95. The van der Waals surface area contributed by atoms with E-state index in [-0.39, 0.29) is 10.4 Å². The van der Waals surface area contributed by atoms with E-state index >= 15 is 0 Å². The fraction of sp³-hybridized carbons (Fsp3) is 0.192. The number of hydrogen-bond donors (Lipinski definition) is 0. The second kappa shape index (κ2) is 8.63. The van der Waals surface area contributed by atoms with Crippen LogP contribution in [0.1, 0.15) is 24.5 Å². The average molecular weight is 470 g/mol. The Morgan fingerprint density at radius 3 is 2.27 bits per heavy atom. The van der Waals surface area contributed by atoms with Gasteiger partial charge in [0.1, 0.15) is 0 Å². The molecular weight excluding hydrogens is 447 g/mol. The third-order valence-electron chi connectivity index (χ3n) is 5.48. The average Bonchev–Trinajstić information content (AvgIpc) is 2.77. The highest BCUT2D eigenvalue weighted by molar-refractivity contribution is 7.90. The first kappa shape index (κ1) is 23.0. The molecule has 0 aliphatic carbocycles. The van der Waals surface area contributed by atoms with Crippen molar-refractivity contribution in [2.75, 3.05) is 6.26 Å². The zero-order chi connectivity index (χ0) is 23.8. The maximum absolute atomic E-state index is 13.6. The summed E-state index contributed by atoms with van der Waals surface area (Å²) in [6.07, 6.45) is -1.92. The molecule has 0 saturated heterocycles. The van der Waals surface area contributed by atoms with Crippen molar-refractivity contribution in [1.29, 1.82) is 0 Å². The number of sulfone groups is 1. The van der Waals surface area contributed by atoms with Crippen molar-refractivity contribution in [2.24, 2.45) is 0 Å². The van der Waals surface area contributed by atoms with E-state index in [1.807, 2.05) is 6.92 Å². The van der Waals surface area contributed by atoms with Gasteiger partial charge in [-0.25, -0.2) is 13.4 Å². The number of nitrogens with zero attached hydrogens (tertiary/aromatic N) is 1. The summed E-state index contributed by atoms with van der Waals surface area (Å²) in [5.41, 5.74) is 2.28.